The predicted octanol–water partition coefficient (Wildman–Crippen LogP) is 2.27. The molecule has 8 aromatic rings. The van der Waals surface area contributed by atoms with Crippen LogP contribution in [0, 0.1) is 11.6 Å². The van der Waals surface area contributed by atoms with Gasteiger partial charge in [-0.25, -0.2) is 18.4 Å². The van der Waals surface area contributed by atoms with E-state index >= 15 is 0 Å². The van der Waals surface area contributed by atoms with Crippen molar-refractivity contribution in [2.24, 2.45) is 7.05 Å². The molecule has 2 aliphatic heterocycles. The smallest absolute Gasteiger partial charge is 0.870 e. The number of nitrogens with one attached hydrogen (secondary N) is 3. The van der Waals surface area contributed by atoms with Crippen molar-refractivity contribution >= 4 is 58.0 Å². The Bertz CT molecular complexity index is 2840. The maximum atomic E-state index is 14.7. The molecule has 23 nitrogen and oxygen atoms in total. The van der Waals surface area contributed by atoms with E-state index in [4.69, 9.17) is 9.47 Å². The van der Waals surface area contributed by atoms with E-state index < -0.39 is 23.8 Å². The number of nitrogens with zero attached hydrogens (tertiary/aromatic N) is 15. The van der Waals surface area contributed by atoms with E-state index in [-0.39, 0.29) is 71.0 Å². The molecule has 6 heterocycles. The summed E-state index contributed by atoms with van der Waals surface area (Å²) in [5.41, 5.74) is 5.42. The Kier molecular flexibility index (Phi) is 16.9. The number of aromatic nitrogens is 14. The molecule has 4 aromatic heterocycles. The van der Waals surface area contributed by atoms with Crippen LogP contribution in [-0.4, -0.2) is 93.4 Å². The maximum absolute atomic E-state index is 14.7. The zero-order valence-electron chi connectivity index (χ0n) is 35.9. The number of anilines is 4. The summed E-state index contributed by atoms with van der Waals surface area (Å²) in [5.74, 6) is -0.219. The number of amides is 2. The average Bonchev–Trinajstić information content (AvgIpc) is 4.18. The van der Waals surface area contributed by atoms with Crippen LogP contribution in [0.3, 0.4) is 0 Å². The van der Waals surface area contributed by atoms with E-state index in [1.54, 1.807) is 19.2 Å². The van der Waals surface area contributed by atoms with Gasteiger partial charge in [-0.1, -0.05) is 93.5 Å². The van der Waals surface area contributed by atoms with E-state index in [9.17, 15) is 18.4 Å². The number of alkyl halides is 1. The third-order valence-electron chi connectivity index (χ3n) is 9.53. The van der Waals surface area contributed by atoms with E-state index in [1.807, 2.05) is 75.4 Å². The van der Waals surface area contributed by atoms with E-state index in [0.29, 0.717) is 60.9 Å². The van der Waals surface area contributed by atoms with Gasteiger partial charge >= 0.3 is 41.7 Å². The van der Waals surface area contributed by atoms with Gasteiger partial charge in [-0.05, 0) is 62.9 Å². The number of halogens is 3. The van der Waals surface area contributed by atoms with Crippen molar-refractivity contribution in [1.82, 2.24) is 70.8 Å². The van der Waals surface area contributed by atoms with Gasteiger partial charge in [0.25, 0.3) is 11.9 Å². The van der Waals surface area contributed by atoms with Gasteiger partial charge in [-0.15, -0.1) is 19.8 Å². The number of H-pyrrole nitrogens is 1. The van der Waals surface area contributed by atoms with Crippen LogP contribution in [0.1, 0.15) is 33.9 Å². The molecule has 0 saturated carbocycles. The largest absolute Gasteiger partial charge is 1.00 e. The average molecular weight is 1040 g/mol. The van der Waals surface area contributed by atoms with Crippen LogP contribution in [0.15, 0.2) is 97.1 Å². The predicted molar refractivity (Wildman–Crippen MR) is 238 cm³/mol. The molecule has 0 atom stereocenters. The van der Waals surface area contributed by atoms with Crippen LogP contribution in [0.5, 0.6) is 0 Å². The Morgan fingerprint density at radius 1 is 0.642 bits per heavy atom. The summed E-state index contributed by atoms with van der Waals surface area (Å²) in [6, 6.07) is 27.1. The summed E-state index contributed by atoms with van der Waals surface area (Å²) >= 11 is 2.15. The fourth-order valence-electron chi connectivity index (χ4n) is 6.50. The Morgan fingerprint density at radius 2 is 1.07 bits per heavy atom. The molecular formula is C40H38F2IN18NaO5. The van der Waals surface area contributed by atoms with Crippen LogP contribution in [-0.2, 0) is 55.9 Å². The number of hydrogen-bond donors (Lipinski definition) is 3. The molecular weight excluding hydrogens is 1000 g/mol. The Hall–Kier alpha value is -7.01. The Labute approximate surface area is 414 Å². The summed E-state index contributed by atoms with van der Waals surface area (Å²) in [5, 5.41) is 48.3. The Morgan fingerprint density at radius 3 is 1.45 bits per heavy atom. The fourth-order valence-corrected chi connectivity index (χ4v) is 6.50. The number of ether oxygens (including phenoxy) is 2. The molecule has 4 aromatic carbocycles. The number of fused-ring (bicyclic) bond motifs is 2. The molecule has 67 heavy (non-hydrogen) atoms. The van der Waals surface area contributed by atoms with Crippen molar-refractivity contribution in [3.05, 3.63) is 143 Å². The molecule has 10 rings (SSSR count). The van der Waals surface area contributed by atoms with Gasteiger partial charge < -0.3 is 24.7 Å². The zero-order chi connectivity index (χ0) is 45.3. The quantitative estimate of drug-likeness (QED) is 0.101. The van der Waals surface area contributed by atoms with Crippen molar-refractivity contribution in [1.29, 1.82) is 0 Å². The van der Waals surface area contributed by atoms with E-state index in [1.165, 1.54) is 38.7 Å². The van der Waals surface area contributed by atoms with Crippen LogP contribution >= 0.6 is 22.6 Å². The van der Waals surface area contributed by atoms with Crippen molar-refractivity contribution in [3.8, 4) is 11.4 Å². The molecule has 0 aliphatic carbocycles. The number of carbonyl (C=O) groups excluding carboxylic acids is 2. The Balaban J connectivity index is 0.000000207. The molecule has 0 bridgehead atoms. The molecule has 4 N–H and O–H groups in total. The van der Waals surface area contributed by atoms with Crippen molar-refractivity contribution in [3.63, 3.8) is 0 Å². The minimum absolute atomic E-state index is 0. The topological polar surface area (TPSA) is 273 Å². The molecule has 27 heteroatoms. The molecule has 2 aliphatic rings. The second-order valence-corrected chi connectivity index (χ2v) is 14.0. The third kappa shape index (κ3) is 12.3. The van der Waals surface area contributed by atoms with Gasteiger partial charge in [0.15, 0.2) is 11.6 Å². The number of tetrazole rings is 2. The van der Waals surface area contributed by atoms with Crippen molar-refractivity contribution < 1.29 is 62.9 Å². The van der Waals surface area contributed by atoms with Crippen molar-refractivity contribution in [2.75, 3.05) is 25.4 Å². The van der Waals surface area contributed by atoms with Gasteiger partial charge in [-0.3, -0.25) is 10.6 Å². The van der Waals surface area contributed by atoms with Crippen LogP contribution in [0.4, 0.5) is 41.6 Å². The van der Waals surface area contributed by atoms with Crippen molar-refractivity contribution in [2.45, 2.75) is 39.4 Å². The molecule has 0 saturated heterocycles. The second kappa shape index (κ2) is 22.9. The van der Waals surface area contributed by atoms with Gasteiger partial charge in [0.2, 0.25) is 0 Å². The first-order chi connectivity index (χ1) is 31.7. The normalized spacial score (nSPS) is 12.0. The minimum Gasteiger partial charge on any atom is -0.870 e. The van der Waals surface area contributed by atoms with E-state index in [0.717, 1.165) is 11.1 Å². The minimum atomic E-state index is -0.672. The maximum Gasteiger partial charge on any atom is 1.00 e. The molecule has 340 valence electrons. The second-order valence-electron chi connectivity index (χ2n) is 14.0. The molecule has 0 spiro atoms. The number of carbonyl (C=O) groups is 2. The number of aryl methyl sites for hydroxylation is 1. The first kappa shape index (κ1) is 49.4. The molecule has 0 fully saturated rings. The standard InChI is InChI=1S/C20H18FN9O2.C19H16FN9O2.CH3I.Na.H2O/c1-28-26-19(23-27-28)29-10-16-17(11-29)25-30(24-16)18-8-7-14(9-15(18)21)22-20(31)32-12-13-5-3-2-4-6-13;20-14-8-13(21-19(30)31-11-12-4-2-1-3-5-12)6-7-17(14)29-24-15-9-28(10-16(15)25-29)18-22-26-27-23-18;1-2;;/h2-9H,10-12H2,1H3,(H,22,31);1-8H,9-11H2,(H,21,30)(H,22,23,26,27);1H3;;1H2/q;;;+1;/p-1. The number of hydrogen-bond acceptors (Lipinski definition) is 17. The van der Waals surface area contributed by atoms with E-state index in [2.05, 4.69) is 89.7 Å². The number of rotatable bonds is 10. The van der Waals surface area contributed by atoms with Gasteiger partial charge in [0, 0.05) is 11.4 Å². The number of benzene rings is 4. The summed E-state index contributed by atoms with van der Waals surface area (Å²) in [6.07, 6.45) is -1.34. The van der Waals surface area contributed by atoms with Gasteiger partial charge in [-0.2, -0.15) is 30.4 Å². The summed E-state index contributed by atoms with van der Waals surface area (Å²) < 4.78 is 39.7. The van der Waals surface area contributed by atoms with Gasteiger partial charge in [0.1, 0.15) is 47.4 Å². The first-order valence-electron chi connectivity index (χ1n) is 19.5. The van der Waals surface area contributed by atoms with Crippen LogP contribution in [0.2, 0.25) is 0 Å². The van der Waals surface area contributed by atoms with Crippen LogP contribution in [0.25, 0.3) is 11.4 Å². The third-order valence-corrected chi connectivity index (χ3v) is 9.53. The molecule has 0 radical (unpaired) electrons. The monoisotopic (exact) mass is 1040 g/mol. The SMILES string of the molecule is CI.Cn1nnc(N2Cc3nn(-c4ccc(NC(=O)OCc5ccccc5)cc4F)nc3C2)n1.O=C(Nc1ccc(-n2nc3c(n2)CN(c2nn[nH]n2)C3)c(F)c1)OCc1ccccc1.[Na+].[OH-]. The first-order valence-corrected chi connectivity index (χ1v) is 21.7. The summed E-state index contributed by atoms with van der Waals surface area (Å²) in [6.45, 7) is 2.05. The van der Waals surface area contributed by atoms with Crippen LogP contribution < -0.4 is 50.0 Å². The summed E-state index contributed by atoms with van der Waals surface area (Å²) in [4.78, 5) is 33.5. The fraction of sp³-hybridized carbons (Fsp3) is 0.200. The molecule has 0 unspecified atom stereocenters. The molecule has 2 amide bonds. The van der Waals surface area contributed by atoms with Gasteiger partial charge in [0.05, 0.1) is 33.2 Å². The zero-order valence-corrected chi connectivity index (χ0v) is 40.1. The number of aromatic amines is 1. The summed E-state index contributed by atoms with van der Waals surface area (Å²) in [7, 11) is 1.69.